The van der Waals surface area contributed by atoms with Gasteiger partial charge >= 0.3 is 0 Å². The number of benzene rings is 1. The van der Waals surface area contributed by atoms with Crippen LogP contribution in [-0.2, 0) is 4.79 Å². The van der Waals surface area contributed by atoms with Crippen molar-refractivity contribution in [2.45, 2.75) is 26.8 Å². The highest BCUT2D eigenvalue weighted by atomic mass is 16.6. The Morgan fingerprint density at radius 1 is 1.21 bits per heavy atom. The average Bonchev–Trinajstić information content (AvgIpc) is 2.28. The molecule has 0 aromatic heterocycles. The molecule has 1 rings (SSSR count). The van der Waals surface area contributed by atoms with E-state index in [0.717, 1.165) is 5.56 Å². The molecule has 5 heteroatoms. The molecule has 0 spiro atoms. The number of rotatable bonds is 4. The first-order valence-corrected chi connectivity index (χ1v) is 6.09. The standard InChI is InChI=1S/C14H20N2O3/c1-14(2,3)13(17)12(15(4)5)10-6-8-11(9-7-10)16(18)19/h6-9,12H,1-5H3. The Bertz CT molecular complexity index is 472. The molecule has 5 nitrogen and oxygen atoms in total. The number of carbonyl (C=O) groups excluding carboxylic acids is 1. The summed E-state index contributed by atoms with van der Waals surface area (Å²) in [6.45, 7) is 5.62. The second-order valence-corrected chi connectivity index (χ2v) is 5.83. The quantitative estimate of drug-likeness (QED) is 0.619. The van der Waals surface area contributed by atoms with E-state index in [1.54, 1.807) is 12.1 Å². The van der Waals surface area contributed by atoms with Gasteiger partial charge in [-0.1, -0.05) is 32.9 Å². The number of non-ortho nitro benzene ring substituents is 1. The van der Waals surface area contributed by atoms with Gasteiger partial charge in [0.05, 0.1) is 11.0 Å². The predicted molar refractivity (Wildman–Crippen MR) is 74.0 cm³/mol. The highest BCUT2D eigenvalue weighted by molar-refractivity contribution is 5.89. The first-order chi connectivity index (χ1) is 8.64. The van der Waals surface area contributed by atoms with Gasteiger partial charge in [0.2, 0.25) is 0 Å². The molecule has 1 atom stereocenters. The average molecular weight is 264 g/mol. The van der Waals surface area contributed by atoms with E-state index < -0.39 is 10.3 Å². The van der Waals surface area contributed by atoms with Crippen molar-refractivity contribution in [3.63, 3.8) is 0 Å². The fourth-order valence-electron chi connectivity index (χ4n) is 1.87. The number of nitrogens with zero attached hydrogens (tertiary/aromatic N) is 2. The molecule has 19 heavy (non-hydrogen) atoms. The summed E-state index contributed by atoms with van der Waals surface area (Å²) in [5.74, 6) is 0.0892. The number of Topliss-reactive ketones (excluding diaryl/α,β-unsaturated/α-hetero) is 1. The van der Waals surface area contributed by atoms with Crippen molar-refractivity contribution >= 4 is 11.5 Å². The number of hydrogen-bond acceptors (Lipinski definition) is 4. The lowest BCUT2D eigenvalue weighted by Crippen LogP contribution is -2.35. The Morgan fingerprint density at radius 3 is 2.00 bits per heavy atom. The summed E-state index contributed by atoms with van der Waals surface area (Å²) in [6, 6.07) is 5.77. The van der Waals surface area contributed by atoms with Crippen molar-refractivity contribution in [3.8, 4) is 0 Å². The van der Waals surface area contributed by atoms with Crippen molar-refractivity contribution in [2.75, 3.05) is 14.1 Å². The van der Waals surface area contributed by atoms with Crippen molar-refractivity contribution < 1.29 is 9.72 Å². The first kappa shape index (κ1) is 15.3. The molecule has 104 valence electrons. The molecule has 0 aliphatic rings. The van der Waals surface area contributed by atoms with E-state index in [2.05, 4.69) is 0 Å². The summed E-state index contributed by atoms with van der Waals surface area (Å²) < 4.78 is 0. The zero-order chi connectivity index (χ0) is 14.8. The Labute approximate surface area is 113 Å². The second-order valence-electron chi connectivity index (χ2n) is 5.83. The molecule has 0 N–H and O–H groups in total. The van der Waals surface area contributed by atoms with E-state index >= 15 is 0 Å². The number of nitro benzene ring substituents is 1. The summed E-state index contributed by atoms with van der Waals surface area (Å²) in [7, 11) is 3.66. The van der Waals surface area contributed by atoms with E-state index in [-0.39, 0.29) is 17.5 Å². The summed E-state index contributed by atoms with van der Waals surface area (Å²) in [5, 5.41) is 10.6. The fraction of sp³-hybridized carbons (Fsp3) is 0.500. The zero-order valence-corrected chi connectivity index (χ0v) is 12.0. The van der Waals surface area contributed by atoms with Crippen molar-refractivity contribution in [2.24, 2.45) is 5.41 Å². The normalized spacial score (nSPS) is 13.4. The monoisotopic (exact) mass is 264 g/mol. The van der Waals surface area contributed by atoms with Crippen LogP contribution in [0.4, 0.5) is 5.69 Å². The van der Waals surface area contributed by atoms with Gasteiger partial charge in [0.15, 0.2) is 5.78 Å². The number of likely N-dealkylation sites (N-methyl/N-ethyl adjacent to an activating group) is 1. The molecule has 0 fully saturated rings. The molecule has 0 radical (unpaired) electrons. The third-order valence-electron chi connectivity index (χ3n) is 2.92. The maximum Gasteiger partial charge on any atom is 0.269 e. The van der Waals surface area contributed by atoms with Gasteiger partial charge < -0.3 is 0 Å². The minimum atomic E-state index is -0.462. The van der Waals surface area contributed by atoms with Crippen molar-refractivity contribution in [3.05, 3.63) is 39.9 Å². The van der Waals surface area contributed by atoms with E-state index in [4.69, 9.17) is 0 Å². The third kappa shape index (κ3) is 3.61. The van der Waals surface area contributed by atoms with E-state index in [1.807, 2.05) is 39.8 Å². The van der Waals surface area contributed by atoms with Gasteiger partial charge in [-0.15, -0.1) is 0 Å². The molecule has 0 saturated carbocycles. The van der Waals surface area contributed by atoms with Crippen LogP contribution in [0.1, 0.15) is 32.4 Å². The lowest BCUT2D eigenvalue weighted by molar-refractivity contribution is -0.384. The van der Waals surface area contributed by atoms with Gasteiger partial charge in [0.25, 0.3) is 5.69 Å². The van der Waals surface area contributed by atoms with E-state index in [9.17, 15) is 14.9 Å². The van der Waals surface area contributed by atoms with E-state index in [0.29, 0.717) is 0 Å². The smallest absolute Gasteiger partial charge is 0.269 e. The van der Waals surface area contributed by atoms with Gasteiger partial charge in [-0.2, -0.15) is 0 Å². The molecule has 0 amide bonds. The maximum absolute atomic E-state index is 12.4. The van der Waals surface area contributed by atoms with Gasteiger partial charge in [-0.3, -0.25) is 19.8 Å². The van der Waals surface area contributed by atoms with Gasteiger partial charge in [0.1, 0.15) is 0 Å². The highest BCUT2D eigenvalue weighted by Gasteiger charge is 2.32. The van der Waals surface area contributed by atoms with Gasteiger partial charge in [-0.05, 0) is 19.7 Å². The van der Waals surface area contributed by atoms with Crippen LogP contribution in [0.3, 0.4) is 0 Å². The molecule has 0 aliphatic heterocycles. The minimum absolute atomic E-state index is 0.0319. The molecule has 0 bridgehead atoms. The Kier molecular flexibility index (Phi) is 4.42. The van der Waals surface area contributed by atoms with Crippen molar-refractivity contribution in [1.29, 1.82) is 0 Å². The summed E-state index contributed by atoms with van der Waals surface area (Å²) >= 11 is 0. The van der Waals surface area contributed by atoms with Crippen LogP contribution in [-0.4, -0.2) is 29.7 Å². The van der Waals surface area contributed by atoms with Crippen LogP contribution in [0.25, 0.3) is 0 Å². The first-order valence-electron chi connectivity index (χ1n) is 6.09. The number of nitro groups is 1. The molecule has 1 unspecified atom stereocenters. The van der Waals surface area contributed by atoms with Gasteiger partial charge in [-0.25, -0.2) is 0 Å². The molecule has 0 saturated heterocycles. The van der Waals surface area contributed by atoms with Crippen LogP contribution in [0, 0.1) is 15.5 Å². The SMILES string of the molecule is CN(C)C(C(=O)C(C)(C)C)c1ccc([N+](=O)[O-])cc1. The maximum atomic E-state index is 12.4. The molecule has 1 aromatic carbocycles. The fourth-order valence-corrected chi connectivity index (χ4v) is 1.87. The van der Waals surface area contributed by atoms with Crippen LogP contribution in [0.5, 0.6) is 0 Å². The second kappa shape index (κ2) is 5.48. The van der Waals surface area contributed by atoms with Crippen LogP contribution < -0.4 is 0 Å². The Morgan fingerprint density at radius 2 is 1.68 bits per heavy atom. The zero-order valence-electron chi connectivity index (χ0n) is 12.0. The largest absolute Gasteiger partial charge is 0.297 e. The van der Waals surface area contributed by atoms with Crippen LogP contribution in [0.15, 0.2) is 24.3 Å². The topological polar surface area (TPSA) is 63.5 Å². The van der Waals surface area contributed by atoms with Crippen molar-refractivity contribution in [1.82, 2.24) is 4.90 Å². The minimum Gasteiger partial charge on any atom is -0.297 e. The Hall–Kier alpha value is -1.75. The Balaban J connectivity index is 3.14. The van der Waals surface area contributed by atoms with E-state index in [1.165, 1.54) is 12.1 Å². The summed E-state index contributed by atoms with van der Waals surface area (Å²) in [4.78, 5) is 24.5. The lowest BCUT2D eigenvalue weighted by atomic mass is 9.83. The number of carbonyl (C=O) groups is 1. The number of ketones is 1. The molecule has 0 aliphatic carbocycles. The van der Waals surface area contributed by atoms with Crippen LogP contribution >= 0.6 is 0 Å². The summed E-state index contributed by atoms with van der Waals surface area (Å²) in [6.07, 6.45) is 0. The van der Waals surface area contributed by atoms with Gasteiger partial charge in [0, 0.05) is 17.5 Å². The third-order valence-corrected chi connectivity index (χ3v) is 2.92. The molecule has 0 heterocycles. The lowest BCUT2D eigenvalue weighted by Gasteiger charge is -2.29. The molecular weight excluding hydrogens is 244 g/mol. The van der Waals surface area contributed by atoms with Crippen LogP contribution in [0.2, 0.25) is 0 Å². The predicted octanol–water partition coefficient (Wildman–Crippen LogP) is 2.81. The number of hydrogen-bond donors (Lipinski definition) is 0. The highest BCUT2D eigenvalue weighted by Crippen LogP contribution is 2.29. The summed E-state index contributed by atoms with van der Waals surface area (Å²) in [5.41, 5.74) is 0.344. The molecular formula is C14H20N2O3. The molecule has 1 aromatic rings.